The number of halogens is 3. The minimum Gasteiger partial charge on any atom is -0.481 e. The van der Waals surface area contributed by atoms with E-state index in [2.05, 4.69) is 0 Å². The fourth-order valence-corrected chi connectivity index (χ4v) is 2.50. The van der Waals surface area contributed by atoms with Crippen LogP contribution in [0.2, 0.25) is 0 Å². The Morgan fingerprint density at radius 1 is 1.29 bits per heavy atom. The van der Waals surface area contributed by atoms with E-state index in [-0.39, 0.29) is 25.4 Å². The molecule has 1 aliphatic heterocycles. The van der Waals surface area contributed by atoms with Crippen molar-refractivity contribution in [3.8, 4) is 0 Å². The second-order valence-corrected chi connectivity index (χ2v) is 4.71. The molecule has 1 saturated heterocycles. The minimum atomic E-state index is -4.92. The molecule has 1 saturated carbocycles. The number of nitrogens with zero attached hydrogens (tertiary/aromatic N) is 1. The Labute approximate surface area is 95.4 Å². The van der Waals surface area contributed by atoms with Crippen LogP contribution in [0.25, 0.3) is 0 Å². The molecule has 1 heterocycles. The molecule has 0 radical (unpaired) electrons. The molecule has 2 rings (SSSR count). The third kappa shape index (κ3) is 1.98. The van der Waals surface area contributed by atoms with Crippen molar-refractivity contribution in [3.05, 3.63) is 0 Å². The zero-order valence-electron chi connectivity index (χ0n) is 8.96. The summed E-state index contributed by atoms with van der Waals surface area (Å²) in [4.78, 5) is 22.8. The molecular formula is C10H12F3NO3. The SMILES string of the molecule is O=C(N1CCC(C(=O)O)(C2CC2)C1)C(F)(F)F. The smallest absolute Gasteiger partial charge is 0.471 e. The highest BCUT2D eigenvalue weighted by atomic mass is 19.4. The van der Waals surface area contributed by atoms with Crippen molar-refractivity contribution in [2.45, 2.75) is 25.4 Å². The number of aliphatic carboxylic acids is 1. The van der Waals surface area contributed by atoms with E-state index in [0.717, 1.165) is 12.8 Å². The molecule has 2 fully saturated rings. The topological polar surface area (TPSA) is 57.6 Å². The molecule has 1 amide bonds. The lowest BCUT2D eigenvalue weighted by Crippen LogP contribution is -2.43. The standard InChI is InChI=1S/C10H12F3NO3/c11-10(12,13)7(15)14-4-3-9(5-14,8(16)17)6-1-2-6/h6H,1-5H2,(H,16,17). The van der Waals surface area contributed by atoms with E-state index >= 15 is 0 Å². The summed E-state index contributed by atoms with van der Waals surface area (Å²) in [6.45, 7) is -0.438. The van der Waals surface area contributed by atoms with Gasteiger partial charge in [-0.3, -0.25) is 9.59 Å². The second-order valence-electron chi connectivity index (χ2n) is 4.71. The zero-order chi connectivity index (χ0) is 12.8. The van der Waals surface area contributed by atoms with Crippen molar-refractivity contribution < 1.29 is 27.9 Å². The van der Waals surface area contributed by atoms with Gasteiger partial charge in [0.2, 0.25) is 0 Å². The van der Waals surface area contributed by atoms with Crippen molar-refractivity contribution >= 4 is 11.9 Å². The van der Waals surface area contributed by atoms with Crippen LogP contribution in [-0.2, 0) is 9.59 Å². The van der Waals surface area contributed by atoms with Crippen LogP contribution < -0.4 is 0 Å². The van der Waals surface area contributed by atoms with Gasteiger partial charge in [-0.1, -0.05) is 0 Å². The summed E-state index contributed by atoms with van der Waals surface area (Å²) in [5.41, 5.74) is -1.15. The fraction of sp³-hybridized carbons (Fsp3) is 0.800. The number of carbonyl (C=O) groups excluding carboxylic acids is 1. The summed E-state index contributed by atoms with van der Waals surface area (Å²) in [6, 6.07) is 0. The number of hydrogen-bond acceptors (Lipinski definition) is 2. The van der Waals surface area contributed by atoms with Gasteiger partial charge in [0.1, 0.15) is 0 Å². The number of carboxylic acid groups (broad SMARTS) is 1. The Bertz CT molecular complexity index is 364. The van der Waals surface area contributed by atoms with Crippen molar-refractivity contribution in [2.24, 2.45) is 11.3 Å². The first-order chi connectivity index (χ1) is 7.77. The summed E-state index contributed by atoms with van der Waals surface area (Å²) in [7, 11) is 0. The average molecular weight is 251 g/mol. The zero-order valence-corrected chi connectivity index (χ0v) is 8.96. The number of likely N-dealkylation sites (tertiary alicyclic amines) is 1. The monoisotopic (exact) mass is 251 g/mol. The lowest BCUT2D eigenvalue weighted by atomic mass is 9.82. The third-order valence-corrected chi connectivity index (χ3v) is 3.62. The van der Waals surface area contributed by atoms with E-state index in [9.17, 15) is 22.8 Å². The minimum absolute atomic E-state index is 0.0777. The van der Waals surface area contributed by atoms with Gasteiger partial charge < -0.3 is 10.0 Å². The van der Waals surface area contributed by atoms with Crippen LogP contribution in [0.4, 0.5) is 13.2 Å². The van der Waals surface area contributed by atoms with Crippen LogP contribution in [0.3, 0.4) is 0 Å². The highest BCUT2D eigenvalue weighted by molar-refractivity contribution is 5.84. The number of carboxylic acids is 1. The van der Waals surface area contributed by atoms with E-state index < -0.39 is 23.5 Å². The first-order valence-electron chi connectivity index (χ1n) is 5.37. The molecule has 0 aromatic heterocycles. The van der Waals surface area contributed by atoms with Gasteiger partial charge in [0, 0.05) is 13.1 Å². The predicted octanol–water partition coefficient (Wildman–Crippen LogP) is 1.26. The molecular weight excluding hydrogens is 239 g/mol. The highest BCUT2D eigenvalue weighted by Crippen LogP contribution is 2.51. The maximum atomic E-state index is 12.2. The fourth-order valence-electron chi connectivity index (χ4n) is 2.50. The van der Waals surface area contributed by atoms with Crippen molar-refractivity contribution in [1.82, 2.24) is 4.90 Å². The van der Waals surface area contributed by atoms with Gasteiger partial charge in [-0.15, -0.1) is 0 Å². The van der Waals surface area contributed by atoms with Gasteiger partial charge in [0.25, 0.3) is 0 Å². The Morgan fingerprint density at radius 3 is 2.29 bits per heavy atom. The molecule has 17 heavy (non-hydrogen) atoms. The molecule has 4 nitrogen and oxygen atoms in total. The second kappa shape index (κ2) is 3.61. The molecule has 1 unspecified atom stereocenters. The van der Waals surface area contributed by atoms with E-state index in [0.29, 0.717) is 4.90 Å². The van der Waals surface area contributed by atoms with E-state index in [1.54, 1.807) is 0 Å². The van der Waals surface area contributed by atoms with Gasteiger partial charge in [0.05, 0.1) is 5.41 Å². The maximum absolute atomic E-state index is 12.2. The molecule has 2 aliphatic rings. The molecule has 1 atom stereocenters. The Morgan fingerprint density at radius 2 is 1.88 bits per heavy atom. The van der Waals surface area contributed by atoms with Crippen LogP contribution >= 0.6 is 0 Å². The predicted molar refractivity (Wildman–Crippen MR) is 50.0 cm³/mol. The van der Waals surface area contributed by atoms with Crippen LogP contribution in [0, 0.1) is 11.3 Å². The molecule has 0 aromatic rings. The Hall–Kier alpha value is -1.27. The summed E-state index contributed by atoms with van der Waals surface area (Å²) in [6.07, 6.45) is -3.35. The number of hydrogen-bond donors (Lipinski definition) is 1. The van der Waals surface area contributed by atoms with Crippen molar-refractivity contribution in [3.63, 3.8) is 0 Å². The van der Waals surface area contributed by atoms with E-state index in [1.807, 2.05) is 0 Å². The molecule has 1 aliphatic carbocycles. The summed E-state index contributed by atoms with van der Waals surface area (Å²) in [5, 5.41) is 9.16. The average Bonchev–Trinajstić information content (AvgIpc) is 2.96. The quantitative estimate of drug-likeness (QED) is 0.803. The summed E-state index contributed by atoms with van der Waals surface area (Å²) < 4.78 is 36.7. The van der Waals surface area contributed by atoms with Crippen molar-refractivity contribution in [1.29, 1.82) is 0 Å². The van der Waals surface area contributed by atoms with Crippen LogP contribution in [0.1, 0.15) is 19.3 Å². The number of alkyl halides is 3. The molecule has 0 aromatic carbocycles. The Kier molecular flexibility index (Phi) is 2.59. The van der Waals surface area contributed by atoms with Crippen molar-refractivity contribution in [2.75, 3.05) is 13.1 Å². The van der Waals surface area contributed by atoms with Gasteiger partial charge >= 0.3 is 18.1 Å². The van der Waals surface area contributed by atoms with Gasteiger partial charge in [-0.05, 0) is 25.2 Å². The van der Waals surface area contributed by atoms with Crippen LogP contribution in [0.5, 0.6) is 0 Å². The van der Waals surface area contributed by atoms with E-state index in [4.69, 9.17) is 5.11 Å². The number of rotatable bonds is 2. The number of amides is 1. The first-order valence-corrected chi connectivity index (χ1v) is 5.37. The van der Waals surface area contributed by atoms with E-state index in [1.165, 1.54) is 0 Å². The van der Waals surface area contributed by atoms with Crippen LogP contribution in [-0.4, -0.2) is 41.1 Å². The summed E-state index contributed by atoms with van der Waals surface area (Å²) in [5.74, 6) is -3.09. The maximum Gasteiger partial charge on any atom is 0.471 e. The lowest BCUT2D eigenvalue weighted by molar-refractivity contribution is -0.185. The molecule has 96 valence electrons. The van der Waals surface area contributed by atoms with Crippen LogP contribution in [0.15, 0.2) is 0 Å². The highest BCUT2D eigenvalue weighted by Gasteiger charge is 2.57. The lowest BCUT2D eigenvalue weighted by Gasteiger charge is -2.24. The Balaban J connectivity index is 2.13. The third-order valence-electron chi connectivity index (χ3n) is 3.62. The molecule has 0 bridgehead atoms. The molecule has 7 heteroatoms. The normalized spacial score (nSPS) is 29.5. The summed E-state index contributed by atoms with van der Waals surface area (Å²) >= 11 is 0. The van der Waals surface area contributed by atoms with Gasteiger partial charge in [-0.25, -0.2) is 0 Å². The van der Waals surface area contributed by atoms with Gasteiger partial charge in [0.15, 0.2) is 0 Å². The number of carbonyl (C=O) groups is 2. The first kappa shape index (κ1) is 12.2. The molecule has 0 spiro atoms. The largest absolute Gasteiger partial charge is 0.481 e. The van der Waals surface area contributed by atoms with Gasteiger partial charge in [-0.2, -0.15) is 13.2 Å². The molecule has 1 N–H and O–H groups in total.